The first-order chi connectivity index (χ1) is 10.7. The molecule has 1 aliphatic rings. The van der Waals surface area contributed by atoms with Crippen LogP contribution in [0.5, 0.6) is 0 Å². The highest BCUT2D eigenvalue weighted by atomic mass is 32.1. The molecule has 1 N–H and O–H groups in total. The van der Waals surface area contributed by atoms with Crippen LogP contribution < -0.4 is 0 Å². The molecule has 1 saturated heterocycles. The lowest BCUT2D eigenvalue weighted by Gasteiger charge is -2.26. The molecular formula is C16H20FNO3S. The van der Waals surface area contributed by atoms with Crippen molar-refractivity contribution in [2.24, 2.45) is 0 Å². The minimum absolute atomic E-state index is 0.108. The van der Waals surface area contributed by atoms with Gasteiger partial charge in [-0.25, -0.2) is 4.39 Å². The Morgan fingerprint density at radius 2 is 2.18 bits per heavy atom. The van der Waals surface area contributed by atoms with E-state index in [1.54, 1.807) is 6.07 Å². The number of benzene rings is 1. The number of morpholine rings is 1. The fourth-order valence-electron chi connectivity index (χ4n) is 2.56. The molecule has 0 radical (unpaired) electrons. The zero-order valence-electron chi connectivity index (χ0n) is 12.3. The summed E-state index contributed by atoms with van der Waals surface area (Å²) in [6.45, 7) is 4.78. The fourth-order valence-corrected chi connectivity index (χ4v) is 3.36. The van der Waals surface area contributed by atoms with E-state index < -0.39 is 6.10 Å². The molecule has 0 bridgehead atoms. The molecule has 0 spiro atoms. The van der Waals surface area contributed by atoms with Crippen LogP contribution in [0.3, 0.4) is 0 Å². The molecule has 1 aliphatic heterocycles. The summed E-state index contributed by atoms with van der Waals surface area (Å²) in [4.78, 5) is 2.26. The lowest BCUT2D eigenvalue weighted by molar-refractivity contribution is 0.000199. The molecule has 0 amide bonds. The average Bonchev–Trinajstić information content (AvgIpc) is 2.98. The van der Waals surface area contributed by atoms with Gasteiger partial charge in [-0.15, -0.1) is 11.3 Å². The smallest absolute Gasteiger partial charge is 0.130 e. The van der Waals surface area contributed by atoms with Gasteiger partial charge in [0.2, 0.25) is 0 Å². The number of ether oxygens (including phenoxy) is 2. The molecule has 1 fully saturated rings. The third kappa shape index (κ3) is 3.83. The molecule has 0 saturated carbocycles. The van der Waals surface area contributed by atoms with Gasteiger partial charge in [0.05, 0.1) is 26.4 Å². The Kier molecular flexibility index (Phi) is 5.38. The molecular weight excluding hydrogens is 305 g/mol. The van der Waals surface area contributed by atoms with E-state index in [2.05, 4.69) is 4.90 Å². The average molecular weight is 325 g/mol. The highest BCUT2D eigenvalue weighted by Gasteiger charge is 2.15. The fraction of sp³-hybridized carbons (Fsp3) is 0.500. The van der Waals surface area contributed by atoms with Crippen LogP contribution in [-0.4, -0.2) is 56.1 Å². The Labute approximate surface area is 133 Å². The van der Waals surface area contributed by atoms with Crippen LogP contribution in [0, 0.1) is 5.82 Å². The van der Waals surface area contributed by atoms with E-state index in [1.807, 2.05) is 11.4 Å². The first-order valence-electron chi connectivity index (χ1n) is 7.46. The number of aliphatic hydroxyl groups is 1. The second kappa shape index (κ2) is 7.48. The van der Waals surface area contributed by atoms with Gasteiger partial charge in [0.25, 0.3) is 0 Å². The van der Waals surface area contributed by atoms with Crippen LogP contribution in [0.25, 0.3) is 10.1 Å². The SMILES string of the molecule is OC(COCCN1CCOCC1)c1cc2ccsc2cc1F. The van der Waals surface area contributed by atoms with Crippen LogP contribution in [0.15, 0.2) is 23.6 Å². The van der Waals surface area contributed by atoms with Gasteiger partial charge in [-0.3, -0.25) is 4.90 Å². The largest absolute Gasteiger partial charge is 0.386 e. The number of fused-ring (bicyclic) bond motifs is 1. The minimum atomic E-state index is -0.936. The van der Waals surface area contributed by atoms with Gasteiger partial charge < -0.3 is 14.6 Å². The number of hydrogen-bond donors (Lipinski definition) is 1. The molecule has 0 aliphatic carbocycles. The predicted molar refractivity (Wildman–Crippen MR) is 84.8 cm³/mol. The highest BCUT2D eigenvalue weighted by Crippen LogP contribution is 2.27. The maximum Gasteiger partial charge on any atom is 0.130 e. The summed E-state index contributed by atoms with van der Waals surface area (Å²) in [5.74, 6) is -0.376. The second-order valence-electron chi connectivity index (χ2n) is 5.38. The molecule has 1 atom stereocenters. The molecule has 1 unspecified atom stereocenters. The normalized spacial score (nSPS) is 17.9. The first kappa shape index (κ1) is 15.8. The quantitative estimate of drug-likeness (QED) is 0.828. The van der Waals surface area contributed by atoms with Crippen LogP contribution in [0.4, 0.5) is 4.39 Å². The Balaban J connectivity index is 1.50. The Bertz CT molecular complexity index is 612. The Morgan fingerprint density at radius 3 is 3.00 bits per heavy atom. The van der Waals surface area contributed by atoms with Crippen molar-refractivity contribution < 1.29 is 19.0 Å². The number of halogens is 1. The van der Waals surface area contributed by atoms with Crippen molar-refractivity contribution in [1.29, 1.82) is 0 Å². The molecule has 6 heteroatoms. The van der Waals surface area contributed by atoms with E-state index in [0.717, 1.165) is 42.9 Å². The van der Waals surface area contributed by atoms with Crippen molar-refractivity contribution in [1.82, 2.24) is 4.90 Å². The van der Waals surface area contributed by atoms with Crippen molar-refractivity contribution in [2.45, 2.75) is 6.10 Å². The van der Waals surface area contributed by atoms with Crippen molar-refractivity contribution >= 4 is 21.4 Å². The van der Waals surface area contributed by atoms with E-state index in [4.69, 9.17) is 9.47 Å². The van der Waals surface area contributed by atoms with E-state index in [9.17, 15) is 9.50 Å². The molecule has 22 heavy (non-hydrogen) atoms. The lowest BCUT2D eigenvalue weighted by Crippen LogP contribution is -2.38. The summed E-state index contributed by atoms with van der Waals surface area (Å²) < 4.78 is 25.7. The van der Waals surface area contributed by atoms with Crippen molar-refractivity contribution in [2.75, 3.05) is 46.1 Å². The summed E-state index contributed by atoms with van der Waals surface area (Å²) in [6, 6.07) is 5.11. The Hall–Kier alpha value is -1.05. The topological polar surface area (TPSA) is 41.9 Å². The van der Waals surface area contributed by atoms with Gasteiger partial charge in [-0.05, 0) is 29.0 Å². The van der Waals surface area contributed by atoms with Gasteiger partial charge in [-0.1, -0.05) is 0 Å². The third-order valence-corrected chi connectivity index (χ3v) is 4.74. The van der Waals surface area contributed by atoms with Gasteiger partial charge in [0.1, 0.15) is 11.9 Å². The zero-order chi connectivity index (χ0) is 15.4. The van der Waals surface area contributed by atoms with Gasteiger partial charge in [0.15, 0.2) is 0 Å². The summed E-state index contributed by atoms with van der Waals surface area (Å²) in [5, 5.41) is 13.0. The summed E-state index contributed by atoms with van der Waals surface area (Å²) in [5.41, 5.74) is 0.303. The summed E-state index contributed by atoms with van der Waals surface area (Å²) >= 11 is 1.49. The highest BCUT2D eigenvalue weighted by molar-refractivity contribution is 7.17. The van der Waals surface area contributed by atoms with Crippen LogP contribution in [0.1, 0.15) is 11.7 Å². The van der Waals surface area contributed by atoms with E-state index in [0.29, 0.717) is 12.2 Å². The molecule has 2 aromatic rings. The summed E-state index contributed by atoms with van der Waals surface area (Å²) in [7, 11) is 0. The maximum atomic E-state index is 14.0. The molecule has 120 valence electrons. The van der Waals surface area contributed by atoms with Crippen LogP contribution in [0.2, 0.25) is 0 Å². The van der Waals surface area contributed by atoms with Crippen molar-refractivity contribution in [3.63, 3.8) is 0 Å². The van der Waals surface area contributed by atoms with Crippen LogP contribution >= 0.6 is 11.3 Å². The molecule has 1 aromatic heterocycles. The molecule has 4 nitrogen and oxygen atoms in total. The summed E-state index contributed by atoms with van der Waals surface area (Å²) in [6.07, 6.45) is -0.936. The third-order valence-electron chi connectivity index (χ3n) is 3.86. The Morgan fingerprint density at radius 1 is 1.36 bits per heavy atom. The molecule has 1 aromatic carbocycles. The van der Waals surface area contributed by atoms with E-state index >= 15 is 0 Å². The van der Waals surface area contributed by atoms with E-state index in [-0.39, 0.29) is 12.4 Å². The molecule has 2 heterocycles. The number of nitrogens with zero attached hydrogens (tertiary/aromatic N) is 1. The zero-order valence-corrected chi connectivity index (χ0v) is 13.2. The van der Waals surface area contributed by atoms with Gasteiger partial charge >= 0.3 is 0 Å². The number of rotatable bonds is 6. The standard InChI is InChI=1S/C16H20FNO3S/c17-14-10-16-12(1-8-22-16)9-13(14)15(19)11-21-7-4-18-2-5-20-6-3-18/h1,8-10,15,19H,2-7,11H2. The number of aliphatic hydroxyl groups excluding tert-OH is 1. The van der Waals surface area contributed by atoms with Gasteiger partial charge in [-0.2, -0.15) is 0 Å². The number of thiophene rings is 1. The maximum absolute atomic E-state index is 14.0. The van der Waals surface area contributed by atoms with Crippen molar-refractivity contribution in [3.05, 3.63) is 35.0 Å². The first-order valence-corrected chi connectivity index (χ1v) is 8.34. The molecule has 3 rings (SSSR count). The van der Waals surface area contributed by atoms with Gasteiger partial charge in [0, 0.05) is 29.9 Å². The lowest BCUT2D eigenvalue weighted by atomic mass is 10.1. The second-order valence-corrected chi connectivity index (χ2v) is 6.32. The minimum Gasteiger partial charge on any atom is -0.386 e. The van der Waals surface area contributed by atoms with E-state index in [1.165, 1.54) is 17.4 Å². The number of hydrogen-bond acceptors (Lipinski definition) is 5. The monoisotopic (exact) mass is 325 g/mol. The predicted octanol–water partition coefficient (Wildman–Crippen LogP) is 2.42. The van der Waals surface area contributed by atoms with Crippen LogP contribution in [-0.2, 0) is 9.47 Å². The van der Waals surface area contributed by atoms with Crippen molar-refractivity contribution in [3.8, 4) is 0 Å².